The summed E-state index contributed by atoms with van der Waals surface area (Å²) in [4.78, 5) is 11.6. The van der Waals surface area contributed by atoms with Crippen molar-refractivity contribution in [1.82, 2.24) is 5.43 Å². The van der Waals surface area contributed by atoms with Crippen LogP contribution in [-0.2, 0) is 4.79 Å². The fraction of sp³-hybridized carbons (Fsp3) is 0.0909. The molecule has 0 saturated heterocycles. The minimum atomic E-state index is -0.367. The number of nitrogens with two attached hydrogens (primary N) is 1. The van der Waals surface area contributed by atoms with Gasteiger partial charge in [-0.15, -0.1) is 11.3 Å². The highest BCUT2D eigenvalue weighted by Gasteiger charge is 2.04. The summed E-state index contributed by atoms with van der Waals surface area (Å²) in [6.07, 6.45) is 1.47. The summed E-state index contributed by atoms with van der Waals surface area (Å²) >= 11 is 1.40. The lowest BCUT2D eigenvalue weighted by Gasteiger charge is -1.92. The van der Waals surface area contributed by atoms with Gasteiger partial charge in [0.05, 0.1) is 12.8 Å². The molecule has 0 saturated carbocycles. The van der Waals surface area contributed by atoms with Gasteiger partial charge in [-0.2, -0.15) is 5.10 Å². The van der Waals surface area contributed by atoms with E-state index in [0.717, 1.165) is 9.58 Å². The van der Waals surface area contributed by atoms with Crippen LogP contribution in [0.4, 0.5) is 4.39 Å². The largest absolute Gasteiger partial charge is 0.322 e. The van der Waals surface area contributed by atoms with Crippen molar-refractivity contribution < 1.29 is 9.18 Å². The van der Waals surface area contributed by atoms with E-state index < -0.39 is 0 Å². The Labute approximate surface area is 101 Å². The van der Waals surface area contributed by atoms with Crippen LogP contribution in [0.2, 0.25) is 0 Å². The molecule has 88 valence electrons. The Kier molecular flexibility index (Phi) is 3.46. The second-order valence-corrected chi connectivity index (χ2v) is 4.41. The number of hydrazone groups is 1. The number of halogens is 1. The molecule has 0 atom stereocenters. The Morgan fingerprint density at radius 3 is 3.12 bits per heavy atom. The number of benzene rings is 1. The molecule has 6 heteroatoms. The lowest BCUT2D eigenvalue weighted by molar-refractivity contribution is -0.119. The molecule has 4 nitrogen and oxygen atoms in total. The average Bonchev–Trinajstić information content (AvgIpc) is 2.73. The predicted molar refractivity (Wildman–Crippen MR) is 66.6 cm³/mol. The van der Waals surface area contributed by atoms with Crippen molar-refractivity contribution in [3.05, 3.63) is 35.0 Å². The maximum Gasteiger partial charge on any atom is 0.253 e. The highest BCUT2D eigenvalue weighted by atomic mass is 32.1. The van der Waals surface area contributed by atoms with E-state index in [1.54, 1.807) is 12.1 Å². The number of hydrogen-bond donors (Lipinski definition) is 2. The van der Waals surface area contributed by atoms with Crippen LogP contribution >= 0.6 is 11.3 Å². The van der Waals surface area contributed by atoms with Crippen molar-refractivity contribution in [2.75, 3.05) is 6.54 Å². The summed E-state index contributed by atoms with van der Waals surface area (Å²) in [6.45, 7) is -0.113. The minimum Gasteiger partial charge on any atom is -0.322 e. The number of carbonyl (C=O) groups excluding carboxylic acids is 1. The van der Waals surface area contributed by atoms with Crippen LogP contribution in [0.25, 0.3) is 10.1 Å². The SMILES string of the molecule is NCC(=O)N/N=C/c1cc2c(F)cccc2s1. The first-order chi connectivity index (χ1) is 8.20. The average molecular weight is 251 g/mol. The third-order valence-electron chi connectivity index (χ3n) is 2.09. The molecule has 2 aromatic rings. The third kappa shape index (κ3) is 2.66. The quantitative estimate of drug-likeness (QED) is 0.640. The molecule has 0 bridgehead atoms. The fourth-order valence-corrected chi connectivity index (χ4v) is 2.27. The normalized spacial score (nSPS) is 11.2. The maximum absolute atomic E-state index is 13.4. The number of thiophene rings is 1. The van der Waals surface area contributed by atoms with Crippen LogP contribution in [0.1, 0.15) is 4.88 Å². The van der Waals surface area contributed by atoms with Crippen LogP contribution in [0.3, 0.4) is 0 Å². The van der Waals surface area contributed by atoms with Gasteiger partial charge in [0.2, 0.25) is 0 Å². The molecule has 1 heterocycles. The van der Waals surface area contributed by atoms with E-state index >= 15 is 0 Å². The fourth-order valence-electron chi connectivity index (χ4n) is 1.32. The molecule has 1 amide bonds. The first-order valence-corrected chi connectivity index (χ1v) is 5.72. The molecule has 17 heavy (non-hydrogen) atoms. The number of rotatable bonds is 3. The van der Waals surface area contributed by atoms with Gasteiger partial charge in [-0.05, 0) is 18.2 Å². The van der Waals surface area contributed by atoms with Crippen molar-refractivity contribution in [2.24, 2.45) is 10.8 Å². The number of fused-ring (bicyclic) bond motifs is 1. The summed E-state index contributed by atoms with van der Waals surface area (Å²) in [7, 11) is 0. The molecule has 0 fully saturated rings. The van der Waals surface area contributed by atoms with Gasteiger partial charge in [-0.25, -0.2) is 9.82 Å². The van der Waals surface area contributed by atoms with Crippen molar-refractivity contribution in [3.63, 3.8) is 0 Å². The van der Waals surface area contributed by atoms with Crippen molar-refractivity contribution in [3.8, 4) is 0 Å². The van der Waals surface area contributed by atoms with E-state index in [0.29, 0.717) is 5.39 Å². The summed E-state index contributed by atoms with van der Waals surface area (Å²) in [6, 6.07) is 6.59. The molecule has 0 aliphatic rings. The second kappa shape index (κ2) is 5.03. The minimum absolute atomic E-state index is 0.113. The Morgan fingerprint density at radius 2 is 2.41 bits per heavy atom. The first-order valence-electron chi connectivity index (χ1n) is 4.91. The van der Waals surface area contributed by atoms with Gasteiger partial charge >= 0.3 is 0 Å². The van der Waals surface area contributed by atoms with Gasteiger partial charge in [0.1, 0.15) is 5.82 Å². The zero-order valence-corrected chi connectivity index (χ0v) is 9.63. The Morgan fingerprint density at radius 1 is 1.59 bits per heavy atom. The smallest absolute Gasteiger partial charge is 0.253 e. The van der Waals surface area contributed by atoms with Gasteiger partial charge in [0.15, 0.2) is 0 Å². The van der Waals surface area contributed by atoms with Gasteiger partial charge < -0.3 is 5.73 Å². The van der Waals surface area contributed by atoms with E-state index in [1.807, 2.05) is 6.07 Å². The summed E-state index contributed by atoms with van der Waals surface area (Å²) in [5.74, 6) is -0.627. The topological polar surface area (TPSA) is 67.5 Å². The molecule has 0 aliphatic carbocycles. The number of nitrogens with zero attached hydrogens (tertiary/aromatic N) is 1. The molecular formula is C11H10FN3OS. The van der Waals surface area contributed by atoms with E-state index in [1.165, 1.54) is 23.6 Å². The first kappa shape index (κ1) is 11.7. The monoisotopic (exact) mass is 251 g/mol. The summed E-state index contributed by atoms with van der Waals surface area (Å²) in [5, 5.41) is 4.28. The molecule has 0 unspecified atom stereocenters. The zero-order chi connectivity index (χ0) is 12.3. The molecule has 0 radical (unpaired) electrons. The van der Waals surface area contributed by atoms with Crippen LogP contribution in [-0.4, -0.2) is 18.7 Å². The van der Waals surface area contributed by atoms with Crippen LogP contribution in [0, 0.1) is 5.82 Å². The predicted octanol–water partition coefficient (Wildman–Crippen LogP) is 1.45. The Bertz CT molecular complexity index is 579. The summed E-state index contributed by atoms with van der Waals surface area (Å²) in [5.41, 5.74) is 7.36. The molecule has 1 aromatic heterocycles. The highest BCUT2D eigenvalue weighted by molar-refractivity contribution is 7.20. The second-order valence-electron chi connectivity index (χ2n) is 3.30. The number of hydrogen-bond acceptors (Lipinski definition) is 4. The molecule has 2 rings (SSSR count). The van der Waals surface area contributed by atoms with Gasteiger partial charge in [0.25, 0.3) is 5.91 Å². The Balaban J connectivity index is 2.20. The molecule has 3 N–H and O–H groups in total. The molecule has 0 aliphatic heterocycles. The molecular weight excluding hydrogens is 241 g/mol. The van der Waals surface area contributed by atoms with Gasteiger partial charge in [-0.3, -0.25) is 4.79 Å². The lowest BCUT2D eigenvalue weighted by Crippen LogP contribution is -2.26. The highest BCUT2D eigenvalue weighted by Crippen LogP contribution is 2.26. The van der Waals surface area contributed by atoms with Crippen LogP contribution in [0.15, 0.2) is 29.4 Å². The van der Waals surface area contributed by atoms with E-state index in [4.69, 9.17) is 5.73 Å². The zero-order valence-electron chi connectivity index (χ0n) is 8.81. The maximum atomic E-state index is 13.4. The number of nitrogens with one attached hydrogen (secondary N) is 1. The van der Waals surface area contributed by atoms with Gasteiger partial charge in [0, 0.05) is 15.0 Å². The number of carbonyl (C=O) groups is 1. The van der Waals surface area contributed by atoms with Crippen LogP contribution < -0.4 is 11.2 Å². The Hall–Kier alpha value is -1.79. The van der Waals surface area contributed by atoms with Crippen molar-refractivity contribution >= 4 is 33.5 Å². The molecule has 1 aromatic carbocycles. The van der Waals surface area contributed by atoms with Gasteiger partial charge in [-0.1, -0.05) is 6.07 Å². The summed E-state index contributed by atoms with van der Waals surface area (Å²) < 4.78 is 14.2. The van der Waals surface area contributed by atoms with Crippen molar-refractivity contribution in [1.29, 1.82) is 0 Å². The van der Waals surface area contributed by atoms with Crippen molar-refractivity contribution in [2.45, 2.75) is 0 Å². The van der Waals surface area contributed by atoms with E-state index in [-0.39, 0.29) is 18.3 Å². The number of amides is 1. The van der Waals surface area contributed by atoms with E-state index in [2.05, 4.69) is 10.5 Å². The lowest BCUT2D eigenvalue weighted by atomic mass is 10.2. The third-order valence-corrected chi connectivity index (χ3v) is 3.13. The van der Waals surface area contributed by atoms with Crippen LogP contribution in [0.5, 0.6) is 0 Å². The standard InChI is InChI=1S/C11H10FN3OS/c12-9-2-1-3-10-8(9)4-7(17-10)6-14-15-11(16)5-13/h1-4,6H,5,13H2,(H,15,16)/b14-6+. The van der Waals surface area contributed by atoms with E-state index in [9.17, 15) is 9.18 Å². The molecule has 0 spiro atoms.